The summed E-state index contributed by atoms with van der Waals surface area (Å²) in [4.78, 5) is 16.1. The van der Waals surface area contributed by atoms with E-state index in [9.17, 15) is 15.2 Å². The second-order valence-electron chi connectivity index (χ2n) is 7.92. The van der Waals surface area contributed by atoms with Crippen molar-refractivity contribution >= 4 is 22.2 Å². The van der Waals surface area contributed by atoms with Gasteiger partial charge in [0.05, 0.1) is 12.2 Å². The number of hydrogen-bond acceptors (Lipinski definition) is 5. The predicted octanol–water partition coefficient (Wildman–Crippen LogP) is 3.96. The van der Waals surface area contributed by atoms with Crippen LogP contribution >= 0.6 is 11.3 Å². The van der Waals surface area contributed by atoms with Gasteiger partial charge in [0, 0.05) is 30.4 Å². The van der Waals surface area contributed by atoms with Crippen molar-refractivity contribution in [3.8, 4) is 6.07 Å². The van der Waals surface area contributed by atoms with Gasteiger partial charge in [0.25, 0.3) is 0 Å². The van der Waals surface area contributed by atoms with E-state index < -0.39 is 0 Å². The number of nitrogens with zero attached hydrogens (tertiary/aromatic N) is 2. The minimum atomic E-state index is -0.0834. The van der Waals surface area contributed by atoms with Gasteiger partial charge in [-0.05, 0) is 36.3 Å². The molecule has 0 bridgehead atoms. The molecule has 0 saturated heterocycles. The molecule has 2 N–H and O–H groups in total. The van der Waals surface area contributed by atoms with E-state index in [0.29, 0.717) is 30.1 Å². The average molecular weight is 412 g/mol. The molecule has 1 aliphatic carbocycles. The lowest BCUT2D eigenvalue weighted by molar-refractivity contribution is -0.116. The molecule has 2 aromatic rings. The van der Waals surface area contributed by atoms with Crippen LogP contribution in [0, 0.1) is 17.2 Å². The number of aliphatic hydroxyl groups excluding tert-OH is 1. The summed E-state index contributed by atoms with van der Waals surface area (Å²) in [5, 5.41) is 23.1. The van der Waals surface area contributed by atoms with E-state index in [1.807, 2.05) is 18.2 Å². The Labute approximate surface area is 177 Å². The van der Waals surface area contributed by atoms with Crippen molar-refractivity contribution < 1.29 is 9.90 Å². The first-order valence-electron chi connectivity index (χ1n) is 10.3. The number of fused-ring (bicyclic) bond motifs is 1. The molecule has 0 spiro atoms. The zero-order valence-corrected chi connectivity index (χ0v) is 18.0. The number of anilines is 1. The van der Waals surface area contributed by atoms with Crippen molar-refractivity contribution in [2.75, 3.05) is 18.5 Å². The summed E-state index contributed by atoms with van der Waals surface area (Å²) in [7, 11) is 0. The van der Waals surface area contributed by atoms with Gasteiger partial charge in [0.15, 0.2) is 0 Å². The van der Waals surface area contributed by atoms with E-state index in [2.05, 4.69) is 42.3 Å². The third kappa shape index (κ3) is 5.24. The SMILES string of the molecule is CC(C)C(CO)N(CCC(=O)Nc1sc2c(c1C#N)CCC2)Cc1ccccc1. The summed E-state index contributed by atoms with van der Waals surface area (Å²) < 4.78 is 0. The third-order valence-corrected chi connectivity index (χ3v) is 6.77. The van der Waals surface area contributed by atoms with Gasteiger partial charge in [-0.3, -0.25) is 9.69 Å². The van der Waals surface area contributed by atoms with Crippen LogP contribution < -0.4 is 5.32 Å². The number of nitriles is 1. The van der Waals surface area contributed by atoms with Crippen LogP contribution in [0.5, 0.6) is 0 Å². The average Bonchev–Trinajstić information content (AvgIpc) is 3.27. The largest absolute Gasteiger partial charge is 0.395 e. The fourth-order valence-electron chi connectivity index (χ4n) is 3.97. The fraction of sp³-hybridized carbons (Fsp3) is 0.478. The Balaban J connectivity index is 1.65. The minimum absolute atomic E-state index is 0.0109. The van der Waals surface area contributed by atoms with E-state index in [4.69, 9.17) is 0 Å². The highest BCUT2D eigenvalue weighted by molar-refractivity contribution is 7.16. The molecule has 154 valence electrons. The maximum absolute atomic E-state index is 12.6. The molecule has 6 heteroatoms. The Bertz CT molecular complexity index is 870. The monoisotopic (exact) mass is 411 g/mol. The number of amides is 1. The first-order valence-corrected chi connectivity index (χ1v) is 11.1. The van der Waals surface area contributed by atoms with E-state index >= 15 is 0 Å². The molecule has 0 fully saturated rings. The Morgan fingerprint density at radius 1 is 1.31 bits per heavy atom. The van der Waals surface area contributed by atoms with Gasteiger partial charge in [0.2, 0.25) is 5.91 Å². The normalized spacial score (nSPS) is 14.1. The van der Waals surface area contributed by atoms with E-state index in [-0.39, 0.29) is 24.5 Å². The Morgan fingerprint density at radius 3 is 2.72 bits per heavy atom. The zero-order chi connectivity index (χ0) is 20.8. The van der Waals surface area contributed by atoms with Crippen LogP contribution in [0.4, 0.5) is 5.00 Å². The van der Waals surface area contributed by atoms with Crippen LogP contribution in [0.3, 0.4) is 0 Å². The summed E-state index contributed by atoms with van der Waals surface area (Å²) in [5.41, 5.74) is 2.93. The van der Waals surface area contributed by atoms with Crippen LogP contribution in [0.1, 0.15) is 48.3 Å². The van der Waals surface area contributed by atoms with Crippen molar-refractivity contribution in [2.24, 2.45) is 5.92 Å². The topological polar surface area (TPSA) is 76.4 Å². The number of rotatable bonds is 9. The summed E-state index contributed by atoms with van der Waals surface area (Å²) in [6.45, 7) is 5.48. The molecule has 1 unspecified atom stereocenters. The number of aliphatic hydroxyl groups is 1. The second kappa shape index (κ2) is 10.0. The molecule has 1 amide bonds. The van der Waals surface area contributed by atoms with Gasteiger partial charge in [0.1, 0.15) is 11.1 Å². The van der Waals surface area contributed by atoms with Crippen molar-refractivity contribution in [3.05, 3.63) is 51.9 Å². The maximum atomic E-state index is 12.6. The summed E-state index contributed by atoms with van der Waals surface area (Å²) in [6.07, 6.45) is 3.35. The van der Waals surface area contributed by atoms with Crippen LogP contribution in [-0.4, -0.2) is 35.1 Å². The third-order valence-electron chi connectivity index (χ3n) is 5.57. The number of carbonyl (C=O) groups excluding carboxylic acids is 1. The van der Waals surface area contributed by atoms with Gasteiger partial charge < -0.3 is 10.4 Å². The van der Waals surface area contributed by atoms with Crippen molar-refractivity contribution in [3.63, 3.8) is 0 Å². The highest BCUT2D eigenvalue weighted by Gasteiger charge is 2.25. The molecular formula is C23H29N3O2S. The summed E-state index contributed by atoms with van der Waals surface area (Å²) >= 11 is 1.55. The van der Waals surface area contributed by atoms with E-state index in [1.165, 1.54) is 4.88 Å². The molecule has 1 aromatic heterocycles. The molecule has 1 aliphatic rings. The van der Waals surface area contributed by atoms with Gasteiger partial charge in [-0.15, -0.1) is 11.3 Å². The number of aryl methyl sites for hydroxylation is 1. The quantitative estimate of drug-likeness (QED) is 0.655. The number of nitrogens with one attached hydrogen (secondary N) is 1. The fourth-order valence-corrected chi connectivity index (χ4v) is 5.23. The molecule has 3 rings (SSSR count). The lowest BCUT2D eigenvalue weighted by atomic mass is 10.0. The standard InChI is InChI=1S/C23H29N3O2S/c1-16(2)20(15-27)26(14-17-7-4-3-5-8-17)12-11-22(28)25-23-19(13-24)18-9-6-10-21(18)29-23/h3-5,7-8,16,20,27H,6,9-12,14-15H2,1-2H3,(H,25,28). The van der Waals surface area contributed by atoms with E-state index in [1.54, 1.807) is 11.3 Å². The highest BCUT2D eigenvalue weighted by atomic mass is 32.1. The highest BCUT2D eigenvalue weighted by Crippen LogP contribution is 2.38. The van der Waals surface area contributed by atoms with Gasteiger partial charge in [-0.25, -0.2) is 0 Å². The van der Waals surface area contributed by atoms with Gasteiger partial charge in [-0.2, -0.15) is 5.26 Å². The number of carbonyl (C=O) groups is 1. The lowest BCUT2D eigenvalue weighted by Crippen LogP contribution is -2.42. The van der Waals surface area contributed by atoms with Crippen molar-refractivity contribution in [1.82, 2.24) is 4.90 Å². The number of hydrogen-bond donors (Lipinski definition) is 2. The smallest absolute Gasteiger partial charge is 0.226 e. The molecule has 0 aliphatic heterocycles. The van der Waals surface area contributed by atoms with Crippen LogP contribution in [0.15, 0.2) is 30.3 Å². The first-order chi connectivity index (χ1) is 14.0. The van der Waals surface area contributed by atoms with E-state index in [0.717, 1.165) is 30.4 Å². The second-order valence-corrected chi connectivity index (χ2v) is 9.03. The Morgan fingerprint density at radius 2 is 2.07 bits per heavy atom. The van der Waals surface area contributed by atoms with Crippen molar-refractivity contribution in [1.29, 1.82) is 5.26 Å². The lowest BCUT2D eigenvalue weighted by Gasteiger charge is -2.33. The van der Waals surface area contributed by atoms with Gasteiger partial charge >= 0.3 is 0 Å². The minimum Gasteiger partial charge on any atom is -0.395 e. The Kier molecular flexibility index (Phi) is 7.43. The van der Waals surface area contributed by atoms with Crippen LogP contribution in [0.2, 0.25) is 0 Å². The summed E-state index contributed by atoms with van der Waals surface area (Å²) in [6, 6.07) is 12.4. The summed E-state index contributed by atoms with van der Waals surface area (Å²) in [5.74, 6) is 0.192. The van der Waals surface area contributed by atoms with Gasteiger partial charge in [-0.1, -0.05) is 44.2 Å². The molecule has 1 aromatic carbocycles. The maximum Gasteiger partial charge on any atom is 0.226 e. The van der Waals surface area contributed by atoms with Crippen molar-refractivity contribution in [2.45, 2.75) is 52.1 Å². The molecular weight excluding hydrogens is 382 g/mol. The van der Waals surface area contributed by atoms with Crippen LogP contribution in [0.25, 0.3) is 0 Å². The number of benzene rings is 1. The Hall–Kier alpha value is -2.20. The number of thiophene rings is 1. The predicted molar refractivity (Wildman–Crippen MR) is 117 cm³/mol. The molecule has 1 atom stereocenters. The zero-order valence-electron chi connectivity index (χ0n) is 17.1. The molecule has 0 radical (unpaired) electrons. The molecule has 29 heavy (non-hydrogen) atoms. The molecule has 0 saturated carbocycles. The molecule has 1 heterocycles. The molecule has 5 nitrogen and oxygen atoms in total. The van der Waals surface area contributed by atoms with Crippen LogP contribution in [-0.2, 0) is 24.2 Å². The first kappa shape index (κ1) is 21.5.